The average Bonchev–Trinajstić information content (AvgIpc) is 3.06. The van der Waals surface area contributed by atoms with Crippen molar-refractivity contribution in [3.05, 3.63) is 48.4 Å². The van der Waals surface area contributed by atoms with Crippen LogP contribution in [0.2, 0.25) is 0 Å². The number of anilines is 2. The second kappa shape index (κ2) is 6.90. The number of hydrogen-bond donors (Lipinski definition) is 2. The molecule has 0 saturated carbocycles. The van der Waals surface area contributed by atoms with E-state index in [9.17, 15) is 4.79 Å². The molecule has 128 valence electrons. The normalized spacial score (nSPS) is 14.6. The molecule has 25 heavy (non-hydrogen) atoms. The first-order valence-electron chi connectivity index (χ1n) is 8.29. The minimum atomic E-state index is -0.0903. The first-order chi connectivity index (χ1) is 12.3. The SMILES string of the molecule is O=C(Cc1c[nH]c2ccccc12)Nc1cnc(N2CCOCC2)nc1. The van der Waals surface area contributed by atoms with Crippen LogP contribution in [0, 0.1) is 0 Å². The van der Waals surface area contributed by atoms with E-state index in [2.05, 4.69) is 25.2 Å². The molecule has 1 saturated heterocycles. The zero-order valence-corrected chi connectivity index (χ0v) is 13.7. The number of rotatable bonds is 4. The van der Waals surface area contributed by atoms with Gasteiger partial charge in [-0.25, -0.2) is 9.97 Å². The van der Waals surface area contributed by atoms with Crippen LogP contribution in [0.5, 0.6) is 0 Å². The number of hydrogen-bond acceptors (Lipinski definition) is 5. The minimum Gasteiger partial charge on any atom is -0.378 e. The molecule has 1 amide bonds. The minimum absolute atomic E-state index is 0.0903. The van der Waals surface area contributed by atoms with Crippen LogP contribution in [0.4, 0.5) is 11.6 Å². The van der Waals surface area contributed by atoms with Crippen molar-refractivity contribution < 1.29 is 9.53 Å². The summed E-state index contributed by atoms with van der Waals surface area (Å²) in [5.74, 6) is 0.574. The zero-order valence-electron chi connectivity index (χ0n) is 13.7. The summed E-state index contributed by atoms with van der Waals surface area (Å²) in [6.07, 6.45) is 5.47. The second-order valence-electron chi connectivity index (χ2n) is 5.96. The molecule has 7 nitrogen and oxygen atoms in total. The Morgan fingerprint density at radius 2 is 1.96 bits per heavy atom. The lowest BCUT2D eigenvalue weighted by atomic mass is 10.1. The first kappa shape index (κ1) is 15.6. The molecular weight excluding hydrogens is 318 g/mol. The second-order valence-corrected chi connectivity index (χ2v) is 5.96. The molecule has 3 heterocycles. The predicted octanol–water partition coefficient (Wildman–Crippen LogP) is 1.98. The van der Waals surface area contributed by atoms with Gasteiger partial charge in [-0.05, 0) is 11.6 Å². The van der Waals surface area contributed by atoms with Gasteiger partial charge in [0.1, 0.15) is 0 Å². The van der Waals surface area contributed by atoms with E-state index in [-0.39, 0.29) is 5.91 Å². The highest BCUT2D eigenvalue weighted by Crippen LogP contribution is 2.19. The van der Waals surface area contributed by atoms with Gasteiger partial charge < -0.3 is 19.9 Å². The van der Waals surface area contributed by atoms with Gasteiger partial charge in [-0.15, -0.1) is 0 Å². The molecule has 2 N–H and O–H groups in total. The molecule has 0 aliphatic carbocycles. The van der Waals surface area contributed by atoms with Crippen LogP contribution in [-0.4, -0.2) is 47.2 Å². The number of carbonyl (C=O) groups excluding carboxylic acids is 1. The number of aromatic nitrogens is 3. The standard InChI is InChI=1S/C18H19N5O2/c24-17(9-13-10-19-16-4-2-1-3-15(13)16)22-14-11-20-18(21-12-14)23-5-7-25-8-6-23/h1-4,10-12,19H,5-9H2,(H,22,24). The molecule has 1 aliphatic heterocycles. The molecular formula is C18H19N5O2. The molecule has 1 aliphatic rings. The van der Waals surface area contributed by atoms with Crippen molar-refractivity contribution in [2.45, 2.75) is 6.42 Å². The van der Waals surface area contributed by atoms with Crippen molar-refractivity contribution in [3.63, 3.8) is 0 Å². The Morgan fingerprint density at radius 1 is 1.20 bits per heavy atom. The highest BCUT2D eigenvalue weighted by molar-refractivity contribution is 5.95. The van der Waals surface area contributed by atoms with E-state index in [1.165, 1.54) is 0 Å². The fourth-order valence-corrected chi connectivity index (χ4v) is 2.97. The Kier molecular flexibility index (Phi) is 4.30. The van der Waals surface area contributed by atoms with Gasteiger partial charge in [0.25, 0.3) is 0 Å². The highest BCUT2D eigenvalue weighted by Gasteiger charge is 2.14. The fraction of sp³-hybridized carbons (Fsp3) is 0.278. The van der Waals surface area contributed by atoms with Crippen molar-refractivity contribution >= 4 is 28.4 Å². The molecule has 0 radical (unpaired) electrons. The van der Waals surface area contributed by atoms with Crippen LogP contribution < -0.4 is 10.2 Å². The van der Waals surface area contributed by atoms with Gasteiger partial charge in [0.05, 0.1) is 37.7 Å². The summed E-state index contributed by atoms with van der Waals surface area (Å²) in [6, 6.07) is 7.94. The molecule has 0 atom stereocenters. The third kappa shape index (κ3) is 3.46. The van der Waals surface area contributed by atoms with E-state index in [0.29, 0.717) is 31.3 Å². The molecule has 0 spiro atoms. The maximum Gasteiger partial charge on any atom is 0.228 e. The number of nitrogens with one attached hydrogen (secondary N) is 2. The average molecular weight is 337 g/mol. The molecule has 3 aromatic rings. The number of aromatic amines is 1. The number of ether oxygens (including phenoxy) is 1. The molecule has 2 aromatic heterocycles. The van der Waals surface area contributed by atoms with Gasteiger partial charge in [0.15, 0.2) is 0 Å². The van der Waals surface area contributed by atoms with Gasteiger partial charge >= 0.3 is 0 Å². The van der Waals surface area contributed by atoms with E-state index in [4.69, 9.17) is 4.74 Å². The Bertz CT molecular complexity index is 869. The largest absolute Gasteiger partial charge is 0.378 e. The third-order valence-electron chi connectivity index (χ3n) is 4.24. The Balaban J connectivity index is 1.40. The van der Waals surface area contributed by atoms with Gasteiger partial charge in [-0.2, -0.15) is 0 Å². The van der Waals surface area contributed by atoms with Gasteiger partial charge in [0.2, 0.25) is 11.9 Å². The number of nitrogens with zero attached hydrogens (tertiary/aromatic N) is 3. The Hall–Kier alpha value is -2.93. The molecule has 0 unspecified atom stereocenters. The van der Waals surface area contributed by atoms with Crippen LogP contribution in [0.1, 0.15) is 5.56 Å². The van der Waals surface area contributed by atoms with Gasteiger partial charge in [0, 0.05) is 30.2 Å². The number of fused-ring (bicyclic) bond motifs is 1. The molecule has 7 heteroatoms. The molecule has 4 rings (SSSR count). The van der Waals surface area contributed by atoms with E-state index in [1.54, 1.807) is 12.4 Å². The summed E-state index contributed by atoms with van der Waals surface area (Å²) in [4.78, 5) is 26.2. The van der Waals surface area contributed by atoms with Crippen LogP contribution in [0.25, 0.3) is 10.9 Å². The molecule has 0 bridgehead atoms. The summed E-state index contributed by atoms with van der Waals surface area (Å²) in [5, 5.41) is 3.92. The van der Waals surface area contributed by atoms with Crippen LogP contribution in [0.3, 0.4) is 0 Å². The number of amides is 1. The van der Waals surface area contributed by atoms with E-state index in [1.807, 2.05) is 30.5 Å². The summed E-state index contributed by atoms with van der Waals surface area (Å²) in [6.45, 7) is 2.94. The Labute approximate surface area is 145 Å². The summed E-state index contributed by atoms with van der Waals surface area (Å²) in [7, 11) is 0. The third-order valence-corrected chi connectivity index (χ3v) is 4.24. The lowest BCUT2D eigenvalue weighted by Gasteiger charge is -2.26. The fourth-order valence-electron chi connectivity index (χ4n) is 2.97. The summed E-state index contributed by atoms with van der Waals surface area (Å²) >= 11 is 0. The van der Waals surface area contributed by atoms with Crippen LogP contribution in [0.15, 0.2) is 42.9 Å². The van der Waals surface area contributed by atoms with Crippen molar-refractivity contribution in [1.29, 1.82) is 0 Å². The van der Waals surface area contributed by atoms with Crippen molar-refractivity contribution in [1.82, 2.24) is 15.0 Å². The smallest absolute Gasteiger partial charge is 0.228 e. The maximum absolute atomic E-state index is 12.3. The van der Waals surface area contributed by atoms with Gasteiger partial charge in [-0.1, -0.05) is 18.2 Å². The topological polar surface area (TPSA) is 83.1 Å². The van der Waals surface area contributed by atoms with Crippen LogP contribution >= 0.6 is 0 Å². The number of para-hydroxylation sites is 1. The van der Waals surface area contributed by atoms with E-state index >= 15 is 0 Å². The van der Waals surface area contributed by atoms with Crippen LogP contribution in [-0.2, 0) is 16.0 Å². The monoisotopic (exact) mass is 337 g/mol. The van der Waals surface area contributed by atoms with Crippen molar-refractivity contribution in [2.24, 2.45) is 0 Å². The quantitative estimate of drug-likeness (QED) is 0.760. The summed E-state index contributed by atoms with van der Waals surface area (Å²) in [5.41, 5.74) is 2.60. The zero-order chi connectivity index (χ0) is 17.1. The highest BCUT2D eigenvalue weighted by atomic mass is 16.5. The number of morpholine rings is 1. The molecule has 1 aromatic carbocycles. The lowest BCUT2D eigenvalue weighted by molar-refractivity contribution is -0.115. The Morgan fingerprint density at radius 3 is 2.76 bits per heavy atom. The van der Waals surface area contributed by atoms with E-state index < -0.39 is 0 Å². The first-order valence-corrected chi connectivity index (χ1v) is 8.29. The number of H-pyrrole nitrogens is 1. The van der Waals surface area contributed by atoms with Crippen molar-refractivity contribution in [2.75, 3.05) is 36.5 Å². The summed E-state index contributed by atoms with van der Waals surface area (Å²) < 4.78 is 5.32. The molecule has 1 fully saturated rings. The predicted molar refractivity (Wildman–Crippen MR) is 95.7 cm³/mol. The van der Waals surface area contributed by atoms with E-state index in [0.717, 1.165) is 29.6 Å². The van der Waals surface area contributed by atoms with Gasteiger partial charge in [-0.3, -0.25) is 4.79 Å². The number of carbonyl (C=O) groups is 1. The lowest BCUT2D eigenvalue weighted by Crippen LogP contribution is -2.37. The maximum atomic E-state index is 12.3. The number of benzene rings is 1. The van der Waals surface area contributed by atoms with Crippen molar-refractivity contribution in [3.8, 4) is 0 Å².